The Bertz CT molecular complexity index is 604. The van der Waals surface area contributed by atoms with Gasteiger partial charge in [-0.05, 0) is 24.1 Å². The molecule has 0 unspecified atom stereocenters. The second-order valence-electron chi connectivity index (χ2n) is 4.85. The van der Waals surface area contributed by atoms with E-state index < -0.39 is 0 Å². The van der Waals surface area contributed by atoms with Gasteiger partial charge in [0.15, 0.2) is 0 Å². The van der Waals surface area contributed by atoms with Crippen LogP contribution in [0, 0.1) is 0 Å². The summed E-state index contributed by atoms with van der Waals surface area (Å²) in [5.74, 6) is 0.314. The Balaban J connectivity index is 2.28. The molecule has 96 valence electrons. The second-order valence-corrected chi connectivity index (χ2v) is 5.26. The van der Waals surface area contributed by atoms with E-state index in [1.165, 1.54) is 5.56 Å². The van der Waals surface area contributed by atoms with Crippen LogP contribution in [0.2, 0.25) is 5.02 Å². The molecule has 2 aromatic rings. The first kappa shape index (κ1) is 11.9. The molecule has 0 atom stereocenters. The van der Waals surface area contributed by atoms with Gasteiger partial charge in [0.25, 0.3) is 0 Å². The number of hydrogen-bond donors (Lipinski definition) is 2. The topological polar surface area (TPSA) is 37.2 Å². The highest BCUT2D eigenvalue weighted by Gasteiger charge is 2.21. The standard InChI is InChI=1S/C14H17ClN2O/c1-2-3-9-6-10-12-8-16-4-5-17(12)14(18)13(10)11(15)7-9/h6-7,16,18H,2-5,8H2,1H3. The van der Waals surface area contributed by atoms with E-state index in [1.807, 2.05) is 10.6 Å². The minimum atomic E-state index is 0.314. The first-order chi connectivity index (χ1) is 8.72. The van der Waals surface area contributed by atoms with E-state index >= 15 is 0 Å². The Morgan fingerprint density at radius 3 is 3.06 bits per heavy atom. The van der Waals surface area contributed by atoms with Crippen LogP contribution in [-0.2, 0) is 19.5 Å². The van der Waals surface area contributed by atoms with Crippen molar-refractivity contribution in [1.82, 2.24) is 9.88 Å². The van der Waals surface area contributed by atoms with E-state index in [4.69, 9.17) is 11.6 Å². The zero-order chi connectivity index (χ0) is 12.7. The Kier molecular flexibility index (Phi) is 2.96. The highest BCUT2D eigenvalue weighted by Crippen LogP contribution is 2.38. The molecule has 3 nitrogen and oxygen atoms in total. The molecule has 2 N–H and O–H groups in total. The monoisotopic (exact) mass is 264 g/mol. The van der Waals surface area contributed by atoms with Crippen LogP contribution in [0.5, 0.6) is 5.88 Å². The zero-order valence-corrected chi connectivity index (χ0v) is 11.2. The number of aromatic nitrogens is 1. The third kappa shape index (κ3) is 1.70. The van der Waals surface area contributed by atoms with Crippen molar-refractivity contribution >= 4 is 22.4 Å². The molecule has 1 aliphatic heterocycles. The van der Waals surface area contributed by atoms with Gasteiger partial charge in [0.1, 0.15) is 0 Å². The third-order valence-electron chi connectivity index (χ3n) is 3.61. The summed E-state index contributed by atoms with van der Waals surface area (Å²) in [6.07, 6.45) is 2.12. The minimum Gasteiger partial charge on any atom is -0.494 e. The summed E-state index contributed by atoms with van der Waals surface area (Å²) in [4.78, 5) is 0. The Morgan fingerprint density at radius 1 is 1.44 bits per heavy atom. The van der Waals surface area contributed by atoms with Crippen molar-refractivity contribution in [1.29, 1.82) is 0 Å². The fourth-order valence-electron chi connectivity index (χ4n) is 2.79. The van der Waals surface area contributed by atoms with Crippen molar-refractivity contribution in [2.75, 3.05) is 6.54 Å². The molecule has 1 aliphatic rings. The number of halogens is 1. The summed E-state index contributed by atoms with van der Waals surface area (Å²) in [7, 11) is 0. The highest BCUT2D eigenvalue weighted by atomic mass is 35.5. The molecule has 0 saturated carbocycles. The molecule has 0 aliphatic carbocycles. The van der Waals surface area contributed by atoms with Gasteiger partial charge in [-0.15, -0.1) is 0 Å². The van der Waals surface area contributed by atoms with E-state index in [2.05, 4.69) is 18.3 Å². The number of fused-ring (bicyclic) bond motifs is 3. The lowest BCUT2D eigenvalue weighted by Gasteiger charge is -2.17. The highest BCUT2D eigenvalue weighted by molar-refractivity contribution is 6.36. The van der Waals surface area contributed by atoms with Gasteiger partial charge in [0.2, 0.25) is 5.88 Å². The van der Waals surface area contributed by atoms with Gasteiger partial charge in [-0.3, -0.25) is 0 Å². The van der Waals surface area contributed by atoms with Gasteiger partial charge >= 0.3 is 0 Å². The van der Waals surface area contributed by atoms with Gasteiger partial charge in [-0.2, -0.15) is 0 Å². The van der Waals surface area contributed by atoms with E-state index in [0.717, 1.165) is 48.9 Å². The SMILES string of the molecule is CCCc1cc(Cl)c2c(O)n3c(c2c1)CNCC3. The fourth-order valence-corrected chi connectivity index (χ4v) is 3.11. The largest absolute Gasteiger partial charge is 0.494 e. The lowest BCUT2D eigenvalue weighted by atomic mass is 10.1. The van der Waals surface area contributed by atoms with Crippen molar-refractivity contribution in [3.63, 3.8) is 0 Å². The number of aromatic hydroxyl groups is 1. The molecule has 0 spiro atoms. The van der Waals surface area contributed by atoms with Crippen molar-refractivity contribution in [3.05, 3.63) is 28.4 Å². The average molecular weight is 265 g/mol. The zero-order valence-electron chi connectivity index (χ0n) is 10.5. The van der Waals surface area contributed by atoms with Gasteiger partial charge in [0, 0.05) is 30.7 Å². The van der Waals surface area contributed by atoms with E-state index in [9.17, 15) is 5.11 Å². The van der Waals surface area contributed by atoms with E-state index in [0.29, 0.717) is 10.9 Å². The van der Waals surface area contributed by atoms with Crippen LogP contribution in [0.3, 0.4) is 0 Å². The predicted molar refractivity (Wildman–Crippen MR) is 74.3 cm³/mol. The van der Waals surface area contributed by atoms with Gasteiger partial charge in [-0.25, -0.2) is 0 Å². The van der Waals surface area contributed by atoms with E-state index in [-0.39, 0.29) is 0 Å². The smallest absolute Gasteiger partial charge is 0.200 e. The summed E-state index contributed by atoms with van der Waals surface area (Å²) >= 11 is 6.33. The maximum atomic E-state index is 10.3. The lowest BCUT2D eigenvalue weighted by Crippen LogP contribution is -2.27. The molecular formula is C14H17ClN2O. The lowest BCUT2D eigenvalue weighted by molar-refractivity contribution is 0.396. The van der Waals surface area contributed by atoms with Crippen molar-refractivity contribution in [2.24, 2.45) is 0 Å². The Morgan fingerprint density at radius 2 is 2.28 bits per heavy atom. The normalized spacial score (nSPS) is 15.0. The Labute approximate surface area is 111 Å². The Hall–Kier alpha value is -1.19. The number of aryl methyl sites for hydroxylation is 1. The molecular weight excluding hydrogens is 248 g/mol. The molecule has 0 amide bonds. The third-order valence-corrected chi connectivity index (χ3v) is 3.91. The molecule has 2 heterocycles. The summed E-state index contributed by atoms with van der Waals surface area (Å²) in [6, 6.07) is 4.15. The van der Waals surface area contributed by atoms with Gasteiger partial charge < -0.3 is 15.0 Å². The quantitative estimate of drug-likeness (QED) is 0.875. The fraction of sp³-hybridized carbons (Fsp3) is 0.429. The van der Waals surface area contributed by atoms with Gasteiger partial charge in [0.05, 0.1) is 10.4 Å². The van der Waals surface area contributed by atoms with Gasteiger partial charge in [-0.1, -0.05) is 24.9 Å². The molecule has 1 aromatic heterocycles. The number of hydrogen-bond acceptors (Lipinski definition) is 2. The summed E-state index contributed by atoms with van der Waals surface area (Å²) in [5, 5.41) is 16.2. The van der Waals surface area contributed by atoms with Crippen LogP contribution < -0.4 is 5.32 Å². The van der Waals surface area contributed by atoms with Crippen LogP contribution in [0.15, 0.2) is 12.1 Å². The van der Waals surface area contributed by atoms with Crippen LogP contribution in [-0.4, -0.2) is 16.2 Å². The maximum Gasteiger partial charge on any atom is 0.200 e. The number of nitrogens with one attached hydrogen (secondary N) is 1. The molecule has 0 fully saturated rings. The summed E-state index contributed by atoms with van der Waals surface area (Å²) < 4.78 is 1.97. The average Bonchev–Trinajstić information content (AvgIpc) is 2.65. The molecule has 18 heavy (non-hydrogen) atoms. The molecule has 1 aromatic carbocycles. The molecule has 3 rings (SSSR count). The number of benzene rings is 1. The summed E-state index contributed by atoms with van der Waals surface area (Å²) in [5.41, 5.74) is 2.39. The van der Waals surface area contributed by atoms with Crippen LogP contribution >= 0.6 is 11.6 Å². The number of nitrogens with zero attached hydrogens (tertiary/aromatic N) is 1. The van der Waals surface area contributed by atoms with Crippen LogP contribution in [0.25, 0.3) is 10.8 Å². The molecule has 0 saturated heterocycles. The maximum absolute atomic E-state index is 10.3. The minimum absolute atomic E-state index is 0.314. The summed E-state index contributed by atoms with van der Waals surface area (Å²) in [6.45, 7) is 4.64. The number of rotatable bonds is 2. The molecule has 4 heteroatoms. The van der Waals surface area contributed by atoms with E-state index in [1.54, 1.807) is 0 Å². The van der Waals surface area contributed by atoms with Crippen LogP contribution in [0.1, 0.15) is 24.6 Å². The molecule has 0 bridgehead atoms. The van der Waals surface area contributed by atoms with Crippen molar-refractivity contribution in [2.45, 2.75) is 32.9 Å². The first-order valence-electron chi connectivity index (χ1n) is 6.45. The first-order valence-corrected chi connectivity index (χ1v) is 6.83. The van der Waals surface area contributed by atoms with Crippen LogP contribution in [0.4, 0.5) is 0 Å². The predicted octanol–water partition coefficient (Wildman–Crippen LogP) is 3.06. The van der Waals surface area contributed by atoms with Crippen molar-refractivity contribution < 1.29 is 5.11 Å². The van der Waals surface area contributed by atoms with Crippen molar-refractivity contribution in [3.8, 4) is 5.88 Å². The molecule has 0 radical (unpaired) electrons. The second kappa shape index (κ2) is 4.48.